The molecule has 0 bridgehead atoms. The molecule has 5 rings (SSSR count). The summed E-state index contributed by atoms with van der Waals surface area (Å²) in [6.07, 6.45) is 5.74. The Morgan fingerprint density at radius 1 is 1.26 bits per heavy atom. The van der Waals surface area contributed by atoms with Crippen LogP contribution in [0.1, 0.15) is 48.2 Å². The SMILES string of the molecule is c1ccc2c(c1)OCC[C@H]2NCc1c(C2CC2)nc2sccn12. The molecule has 1 aromatic carbocycles. The predicted octanol–water partition coefficient (Wildman–Crippen LogP) is 3.89. The number of benzene rings is 1. The maximum Gasteiger partial charge on any atom is 0.194 e. The van der Waals surface area contributed by atoms with Gasteiger partial charge in [-0.15, -0.1) is 11.3 Å². The van der Waals surface area contributed by atoms with Crippen LogP contribution >= 0.6 is 11.3 Å². The summed E-state index contributed by atoms with van der Waals surface area (Å²) >= 11 is 1.72. The molecule has 1 atom stereocenters. The minimum absolute atomic E-state index is 0.358. The van der Waals surface area contributed by atoms with Crippen molar-refractivity contribution in [3.05, 3.63) is 52.8 Å². The van der Waals surface area contributed by atoms with E-state index in [2.05, 4.69) is 39.5 Å². The third-order valence-electron chi connectivity index (χ3n) is 4.83. The smallest absolute Gasteiger partial charge is 0.194 e. The molecule has 0 amide bonds. The fraction of sp³-hybridized carbons (Fsp3) is 0.389. The summed E-state index contributed by atoms with van der Waals surface area (Å²) in [5.74, 6) is 1.70. The van der Waals surface area contributed by atoms with Gasteiger partial charge in [0, 0.05) is 42.1 Å². The Balaban J connectivity index is 1.43. The molecule has 1 fully saturated rings. The summed E-state index contributed by atoms with van der Waals surface area (Å²) in [6, 6.07) is 8.72. The van der Waals surface area contributed by atoms with Crippen LogP contribution in [0.25, 0.3) is 4.96 Å². The molecule has 1 N–H and O–H groups in total. The zero-order chi connectivity index (χ0) is 15.2. The minimum atomic E-state index is 0.358. The second kappa shape index (κ2) is 5.35. The summed E-state index contributed by atoms with van der Waals surface area (Å²) in [5, 5.41) is 5.87. The summed E-state index contributed by atoms with van der Waals surface area (Å²) in [4.78, 5) is 5.98. The van der Waals surface area contributed by atoms with Gasteiger partial charge in [0.05, 0.1) is 18.0 Å². The van der Waals surface area contributed by atoms with Crippen LogP contribution in [-0.4, -0.2) is 16.0 Å². The van der Waals surface area contributed by atoms with Crippen molar-refractivity contribution < 1.29 is 4.74 Å². The van der Waals surface area contributed by atoms with Gasteiger partial charge < -0.3 is 10.1 Å². The van der Waals surface area contributed by atoms with E-state index in [0.29, 0.717) is 12.0 Å². The number of thiazole rings is 1. The first-order valence-corrected chi connectivity index (χ1v) is 9.17. The summed E-state index contributed by atoms with van der Waals surface area (Å²) in [6.45, 7) is 1.65. The number of rotatable bonds is 4. The molecule has 0 spiro atoms. The molecule has 0 saturated heterocycles. The van der Waals surface area contributed by atoms with E-state index >= 15 is 0 Å². The second-order valence-corrected chi connectivity index (χ2v) is 7.26. The Morgan fingerprint density at radius 2 is 2.17 bits per heavy atom. The van der Waals surface area contributed by atoms with E-state index in [4.69, 9.17) is 9.72 Å². The van der Waals surface area contributed by atoms with E-state index in [-0.39, 0.29) is 0 Å². The Kier molecular flexibility index (Phi) is 3.16. The van der Waals surface area contributed by atoms with Crippen LogP contribution in [0.2, 0.25) is 0 Å². The Bertz CT molecular complexity index is 849. The van der Waals surface area contributed by atoms with Crippen molar-refractivity contribution in [2.24, 2.45) is 0 Å². The first kappa shape index (κ1) is 13.6. The lowest BCUT2D eigenvalue weighted by molar-refractivity contribution is 0.252. The molecule has 1 aliphatic heterocycles. The molecule has 3 heterocycles. The lowest BCUT2D eigenvalue weighted by Gasteiger charge is -2.26. The molecule has 2 aromatic heterocycles. The number of para-hydroxylation sites is 1. The van der Waals surface area contributed by atoms with Gasteiger partial charge in [-0.2, -0.15) is 0 Å². The molecule has 0 unspecified atom stereocenters. The lowest BCUT2D eigenvalue weighted by Crippen LogP contribution is -2.27. The monoisotopic (exact) mass is 325 g/mol. The van der Waals surface area contributed by atoms with Gasteiger partial charge in [-0.3, -0.25) is 4.40 Å². The van der Waals surface area contributed by atoms with Gasteiger partial charge in [-0.25, -0.2) is 4.98 Å². The third-order valence-corrected chi connectivity index (χ3v) is 5.59. The summed E-state index contributed by atoms with van der Waals surface area (Å²) in [5.41, 5.74) is 3.93. The highest BCUT2D eigenvalue weighted by molar-refractivity contribution is 7.15. The average Bonchev–Trinajstić information content (AvgIpc) is 3.23. The van der Waals surface area contributed by atoms with Crippen LogP contribution in [0.15, 0.2) is 35.8 Å². The van der Waals surface area contributed by atoms with Crippen molar-refractivity contribution in [1.29, 1.82) is 0 Å². The Morgan fingerprint density at radius 3 is 3.09 bits per heavy atom. The highest BCUT2D eigenvalue weighted by Gasteiger charge is 2.30. The molecule has 5 heteroatoms. The highest BCUT2D eigenvalue weighted by Crippen LogP contribution is 2.42. The molecule has 1 saturated carbocycles. The normalized spacial score (nSPS) is 20.4. The van der Waals surface area contributed by atoms with Crippen LogP contribution in [0.5, 0.6) is 5.75 Å². The maximum absolute atomic E-state index is 5.76. The molecule has 1 aliphatic carbocycles. The largest absolute Gasteiger partial charge is 0.493 e. The van der Waals surface area contributed by atoms with Crippen LogP contribution in [0.4, 0.5) is 0 Å². The molecular formula is C18H19N3OS. The second-order valence-electron chi connectivity index (χ2n) is 6.38. The number of ether oxygens (including phenoxy) is 1. The van der Waals surface area contributed by atoms with Crippen LogP contribution in [0, 0.1) is 0 Å². The Hall–Kier alpha value is -1.85. The lowest BCUT2D eigenvalue weighted by atomic mass is 10.0. The van der Waals surface area contributed by atoms with Crippen molar-refractivity contribution in [3.8, 4) is 5.75 Å². The van der Waals surface area contributed by atoms with Gasteiger partial charge in [-0.05, 0) is 18.9 Å². The number of fused-ring (bicyclic) bond motifs is 2. The van der Waals surface area contributed by atoms with E-state index in [9.17, 15) is 0 Å². The molecular weight excluding hydrogens is 306 g/mol. The van der Waals surface area contributed by atoms with E-state index in [0.717, 1.165) is 30.3 Å². The number of hydrogen-bond acceptors (Lipinski definition) is 4. The van der Waals surface area contributed by atoms with E-state index in [1.165, 1.54) is 29.8 Å². The summed E-state index contributed by atoms with van der Waals surface area (Å²) < 4.78 is 8.03. The molecule has 2 aliphatic rings. The zero-order valence-corrected chi connectivity index (χ0v) is 13.7. The molecule has 23 heavy (non-hydrogen) atoms. The molecule has 3 aromatic rings. The van der Waals surface area contributed by atoms with E-state index < -0.39 is 0 Å². The zero-order valence-electron chi connectivity index (χ0n) is 12.9. The number of imidazole rings is 1. The minimum Gasteiger partial charge on any atom is -0.493 e. The highest BCUT2D eigenvalue weighted by atomic mass is 32.1. The van der Waals surface area contributed by atoms with Crippen molar-refractivity contribution >= 4 is 16.3 Å². The molecule has 0 radical (unpaired) electrons. The quantitative estimate of drug-likeness (QED) is 0.791. The number of aromatic nitrogens is 2. The standard InChI is InChI=1S/C18H19N3OS/c1-2-4-16-13(3-1)14(7-9-22-16)19-11-15-17(12-5-6-12)20-18-21(15)8-10-23-18/h1-4,8,10,12,14,19H,5-7,9,11H2/t14-/m1/s1. The van der Waals surface area contributed by atoms with Crippen molar-refractivity contribution in [2.75, 3.05) is 6.61 Å². The third kappa shape index (κ3) is 2.35. The Labute approximate surface area is 139 Å². The first-order valence-electron chi connectivity index (χ1n) is 8.29. The first-order chi connectivity index (χ1) is 11.4. The number of nitrogens with zero attached hydrogens (tertiary/aromatic N) is 2. The van der Waals surface area contributed by atoms with Gasteiger partial charge in [-0.1, -0.05) is 18.2 Å². The predicted molar refractivity (Wildman–Crippen MR) is 91.2 cm³/mol. The van der Waals surface area contributed by atoms with Crippen LogP contribution in [0.3, 0.4) is 0 Å². The number of nitrogens with one attached hydrogen (secondary N) is 1. The fourth-order valence-electron chi connectivity index (χ4n) is 3.48. The van der Waals surface area contributed by atoms with Crippen molar-refractivity contribution in [1.82, 2.24) is 14.7 Å². The van der Waals surface area contributed by atoms with Gasteiger partial charge >= 0.3 is 0 Å². The van der Waals surface area contributed by atoms with Crippen molar-refractivity contribution in [2.45, 2.75) is 37.8 Å². The van der Waals surface area contributed by atoms with Gasteiger partial charge in [0.1, 0.15) is 5.75 Å². The fourth-order valence-corrected chi connectivity index (χ4v) is 4.22. The van der Waals surface area contributed by atoms with Gasteiger partial charge in [0.2, 0.25) is 0 Å². The van der Waals surface area contributed by atoms with E-state index in [1.54, 1.807) is 11.3 Å². The summed E-state index contributed by atoms with van der Waals surface area (Å²) in [7, 11) is 0. The van der Waals surface area contributed by atoms with E-state index in [1.807, 2.05) is 6.07 Å². The molecule has 118 valence electrons. The van der Waals surface area contributed by atoms with Crippen LogP contribution < -0.4 is 10.1 Å². The van der Waals surface area contributed by atoms with Gasteiger partial charge in [0.25, 0.3) is 0 Å². The van der Waals surface area contributed by atoms with Crippen molar-refractivity contribution in [3.63, 3.8) is 0 Å². The maximum atomic E-state index is 5.76. The topological polar surface area (TPSA) is 38.6 Å². The van der Waals surface area contributed by atoms with Gasteiger partial charge in [0.15, 0.2) is 4.96 Å². The number of hydrogen-bond donors (Lipinski definition) is 1. The average molecular weight is 325 g/mol. The molecule has 4 nitrogen and oxygen atoms in total. The van der Waals surface area contributed by atoms with Crippen LogP contribution in [-0.2, 0) is 6.54 Å².